The van der Waals surface area contributed by atoms with Gasteiger partial charge in [-0.3, -0.25) is 0 Å². The fourth-order valence-corrected chi connectivity index (χ4v) is 2.97. The molecular weight excluding hydrogens is 304 g/mol. The van der Waals surface area contributed by atoms with Gasteiger partial charge in [0.15, 0.2) is 6.29 Å². The molecule has 0 radical (unpaired) electrons. The molecule has 2 aromatic rings. The molecule has 0 aromatic heterocycles. The standard InChI is InChI=1S/C20H24O4/c1-15-20(23-14-17-10-6-3-7-11-17)18(12-19(21)24-15)22-13-16-8-4-2-5-9-16/h2-11,15,18-21H,12-14H2,1H3/t15-,18-,19+,20-/m1/s1. The predicted octanol–water partition coefficient (Wildman–Crippen LogP) is 3.28. The first-order valence-corrected chi connectivity index (χ1v) is 8.37. The van der Waals surface area contributed by atoms with Gasteiger partial charge in [0.1, 0.15) is 6.10 Å². The molecule has 1 heterocycles. The van der Waals surface area contributed by atoms with Gasteiger partial charge in [-0.1, -0.05) is 60.7 Å². The highest BCUT2D eigenvalue weighted by Crippen LogP contribution is 2.26. The maximum Gasteiger partial charge on any atom is 0.157 e. The normalized spacial score (nSPS) is 27.1. The number of ether oxygens (including phenoxy) is 3. The summed E-state index contributed by atoms with van der Waals surface area (Å²) in [5, 5.41) is 9.89. The molecule has 3 rings (SSSR count). The number of rotatable bonds is 6. The van der Waals surface area contributed by atoms with Crippen LogP contribution in [0.2, 0.25) is 0 Å². The summed E-state index contributed by atoms with van der Waals surface area (Å²) >= 11 is 0. The van der Waals surface area contributed by atoms with Gasteiger partial charge < -0.3 is 19.3 Å². The summed E-state index contributed by atoms with van der Waals surface area (Å²) < 4.78 is 17.6. The molecule has 0 aliphatic carbocycles. The summed E-state index contributed by atoms with van der Waals surface area (Å²) in [6, 6.07) is 20.0. The van der Waals surface area contributed by atoms with Crippen LogP contribution in [0.4, 0.5) is 0 Å². The van der Waals surface area contributed by atoms with E-state index < -0.39 is 6.29 Å². The molecule has 128 valence electrons. The van der Waals surface area contributed by atoms with E-state index in [1.54, 1.807) is 0 Å². The van der Waals surface area contributed by atoms with Gasteiger partial charge in [0.25, 0.3) is 0 Å². The molecule has 1 N–H and O–H groups in total. The molecule has 4 atom stereocenters. The zero-order valence-corrected chi connectivity index (χ0v) is 13.9. The number of hydrogen-bond acceptors (Lipinski definition) is 4. The fraction of sp³-hybridized carbons (Fsp3) is 0.400. The molecule has 0 bridgehead atoms. The predicted molar refractivity (Wildman–Crippen MR) is 91.2 cm³/mol. The first-order chi connectivity index (χ1) is 11.7. The van der Waals surface area contributed by atoms with E-state index >= 15 is 0 Å². The minimum atomic E-state index is -0.808. The number of hydrogen-bond donors (Lipinski definition) is 1. The van der Waals surface area contributed by atoms with E-state index in [9.17, 15) is 5.11 Å². The van der Waals surface area contributed by atoms with Crippen LogP contribution < -0.4 is 0 Å². The Balaban J connectivity index is 1.61. The lowest BCUT2D eigenvalue weighted by atomic mass is 10.0. The van der Waals surface area contributed by atoms with Crippen molar-refractivity contribution in [1.82, 2.24) is 0 Å². The Bertz CT molecular complexity index is 602. The highest BCUT2D eigenvalue weighted by molar-refractivity contribution is 5.14. The molecule has 1 fully saturated rings. The molecule has 1 aliphatic heterocycles. The van der Waals surface area contributed by atoms with E-state index in [0.29, 0.717) is 19.6 Å². The monoisotopic (exact) mass is 328 g/mol. The van der Waals surface area contributed by atoms with Crippen LogP contribution >= 0.6 is 0 Å². The Kier molecular flexibility index (Phi) is 5.99. The molecule has 1 saturated heterocycles. The molecule has 0 spiro atoms. The van der Waals surface area contributed by atoms with E-state index in [2.05, 4.69) is 0 Å². The van der Waals surface area contributed by atoms with Gasteiger partial charge in [-0.2, -0.15) is 0 Å². The summed E-state index contributed by atoms with van der Waals surface area (Å²) in [4.78, 5) is 0. The Hall–Kier alpha value is -1.72. The van der Waals surface area contributed by atoms with Gasteiger partial charge in [-0.15, -0.1) is 0 Å². The Morgan fingerprint density at radius 3 is 2.04 bits per heavy atom. The zero-order chi connectivity index (χ0) is 16.8. The van der Waals surface area contributed by atoms with Crippen LogP contribution in [-0.2, 0) is 27.4 Å². The topological polar surface area (TPSA) is 47.9 Å². The lowest BCUT2D eigenvalue weighted by molar-refractivity contribution is -0.251. The largest absolute Gasteiger partial charge is 0.371 e. The lowest BCUT2D eigenvalue weighted by Gasteiger charge is -2.38. The smallest absolute Gasteiger partial charge is 0.157 e. The average Bonchev–Trinajstić information content (AvgIpc) is 2.61. The van der Waals surface area contributed by atoms with Crippen LogP contribution in [0.25, 0.3) is 0 Å². The van der Waals surface area contributed by atoms with Gasteiger partial charge in [0.2, 0.25) is 0 Å². The van der Waals surface area contributed by atoms with Crippen LogP contribution in [0.3, 0.4) is 0 Å². The molecule has 0 unspecified atom stereocenters. The van der Waals surface area contributed by atoms with Crippen molar-refractivity contribution < 1.29 is 19.3 Å². The maximum absolute atomic E-state index is 9.89. The molecule has 24 heavy (non-hydrogen) atoms. The van der Waals surface area contributed by atoms with Crippen molar-refractivity contribution in [2.24, 2.45) is 0 Å². The molecule has 4 heteroatoms. The molecule has 0 saturated carbocycles. The fourth-order valence-electron chi connectivity index (χ4n) is 2.97. The molecule has 4 nitrogen and oxygen atoms in total. The summed E-state index contributed by atoms with van der Waals surface area (Å²) in [7, 11) is 0. The highest BCUT2D eigenvalue weighted by atomic mass is 16.6. The van der Waals surface area contributed by atoms with Crippen LogP contribution in [0, 0.1) is 0 Å². The summed E-state index contributed by atoms with van der Waals surface area (Å²) in [5.41, 5.74) is 2.21. The van der Waals surface area contributed by atoms with Crippen LogP contribution in [0.1, 0.15) is 24.5 Å². The van der Waals surface area contributed by atoms with Gasteiger partial charge in [-0.05, 0) is 18.1 Å². The minimum absolute atomic E-state index is 0.201. The van der Waals surface area contributed by atoms with Crippen molar-refractivity contribution in [2.45, 2.75) is 51.2 Å². The molecule has 1 aliphatic rings. The molecule has 0 amide bonds. The van der Waals surface area contributed by atoms with E-state index in [1.807, 2.05) is 67.6 Å². The van der Waals surface area contributed by atoms with E-state index in [4.69, 9.17) is 14.2 Å². The Morgan fingerprint density at radius 2 is 1.46 bits per heavy atom. The van der Waals surface area contributed by atoms with Gasteiger partial charge >= 0.3 is 0 Å². The molecular formula is C20H24O4. The maximum atomic E-state index is 9.89. The van der Waals surface area contributed by atoms with Crippen molar-refractivity contribution in [3.8, 4) is 0 Å². The van der Waals surface area contributed by atoms with Gasteiger partial charge in [-0.25, -0.2) is 0 Å². The summed E-state index contributed by atoms with van der Waals surface area (Å²) in [6.45, 7) is 2.91. The number of aliphatic hydroxyl groups is 1. The van der Waals surface area contributed by atoms with Gasteiger partial charge in [0.05, 0.1) is 25.4 Å². The van der Waals surface area contributed by atoms with E-state index in [0.717, 1.165) is 11.1 Å². The van der Waals surface area contributed by atoms with Crippen LogP contribution in [-0.4, -0.2) is 29.7 Å². The number of benzene rings is 2. The van der Waals surface area contributed by atoms with Gasteiger partial charge in [0, 0.05) is 6.42 Å². The second-order valence-electron chi connectivity index (χ2n) is 6.13. The molecule has 2 aromatic carbocycles. The minimum Gasteiger partial charge on any atom is -0.371 e. The second kappa shape index (κ2) is 8.40. The second-order valence-corrected chi connectivity index (χ2v) is 6.13. The first kappa shape index (κ1) is 17.1. The van der Waals surface area contributed by atoms with Crippen LogP contribution in [0.15, 0.2) is 60.7 Å². The van der Waals surface area contributed by atoms with Crippen molar-refractivity contribution >= 4 is 0 Å². The number of aliphatic hydroxyl groups excluding tert-OH is 1. The van der Waals surface area contributed by atoms with E-state index in [-0.39, 0.29) is 18.3 Å². The van der Waals surface area contributed by atoms with Crippen LogP contribution in [0.5, 0.6) is 0 Å². The first-order valence-electron chi connectivity index (χ1n) is 8.37. The van der Waals surface area contributed by atoms with E-state index in [1.165, 1.54) is 0 Å². The lowest BCUT2D eigenvalue weighted by Crippen LogP contribution is -2.49. The zero-order valence-electron chi connectivity index (χ0n) is 13.9. The third kappa shape index (κ3) is 4.65. The Morgan fingerprint density at radius 1 is 0.917 bits per heavy atom. The average molecular weight is 328 g/mol. The summed E-state index contributed by atoms with van der Waals surface area (Å²) in [6.07, 6.45) is -1.03. The van der Waals surface area contributed by atoms with Crippen molar-refractivity contribution in [2.75, 3.05) is 0 Å². The highest BCUT2D eigenvalue weighted by Gasteiger charge is 2.37. The van der Waals surface area contributed by atoms with Crippen molar-refractivity contribution in [3.63, 3.8) is 0 Å². The SMILES string of the molecule is C[C@H]1O[C@H](O)C[C@@H](OCc2ccccc2)[C@@H]1OCc1ccccc1. The third-order valence-corrected chi connectivity index (χ3v) is 4.23. The quantitative estimate of drug-likeness (QED) is 0.884. The summed E-state index contributed by atoms with van der Waals surface area (Å²) in [5.74, 6) is 0. The van der Waals surface area contributed by atoms with Crippen molar-refractivity contribution in [3.05, 3.63) is 71.8 Å². The Labute approximate surface area is 143 Å². The van der Waals surface area contributed by atoms with Crippen molar-refractivity contribution in [1.29, 1.82) is 0 Å². The third-order valence-electron chi connectivity index (χ3n) is 4.23.